The Bertz CT molecular complexity index is 380. The van der Waals surface area contributed by atoms with Crippen LogP contribution in [0.4, 0.5) is 4.39 Å². The lowest BCUT2D eigenvalue weighted by Gasteiger charge is -2.16. The molecular formula is C13H17BrFNO. The zero-order chi connectivity index (χ0) is 12.3. The Balaban J connectivity index is 1.92. The van der Waals surface area contributed by atoms with Gasteiger partial charge in [-0.3, -0.25) is 0 Å². The Morgan fingerprint density at radius 2 is 2.35 bits per heavy atom. The van der Waals surface area contributed by atoms with E-state index in [1.165, 1.54) is 6.07 Å². The van der Waals surface area contributed by atoms with E-state index in [1.54, 1.807) is 12.1 Å². The van der Waals surface area contributed by atoms with E-state index in [-0.39, 0.29) is 11.9 Å². The molecule has 2 atom stereocenters. The van der Waals surface area contributed by atoms with Crippen molar-refractivity contribution >= 4 is 15.9 Å². The van der Waals surface area contributed by atoms with Crippen molar-refractivity contribution in [1.29, 1.82) is 0 Å². The molecule has 0 bridgehead atoms. The number of halogens is 2. The Morgan fingerprint density at radius 1 is 1.53 bits per heavy atom. The maximum atomic E-state index is 13.1. The van der Waals surface area contributed by atoms with Gasteiger partial charge in [-0.1, -0.05) is 15.9 Å². The van der Waals surface area contributed by atoms with Crippen molar-refractivity contribution in [2.75, 3.05) is 13.2 Å². The van der Waals surface area contributed by atoms with Crippen LogP contribution in [-0.4, -0.2) is 19.3 Å². The number of hydrogen-bond acceptors (Lipinski definition) is 2. The molecule has 0 spiro atoms. The molecule has 1 aliphatic heterocycles. The van der Waals surface area contributed by atoms with Crippen LogP contribution < -0.4 is 5.73 Å². The highest BCUT2D eigenvalue weighted by Gasteiger charge is 2.19. The standard InChI is InChI=1S/C13H17BrFNO/c14-13-2-1-11(15)6-10(13)7-12(16)5-9-3-4-17-8-9/h1-2,6,9,12H,3-5,7-8,16H2. The van der Waals surface area contributed by atoms with Gasteiger partial charge in [0, 0.05) is 23.7 Å². The van der Waals surface area contributed by atoms with Crippen molar-refractivity contribution in [3.05, 3.63) is 34.1 Å². The van der Waals surface area contributed by atoms with E-state index < -0.39 is 0 Å². The van der Waals surface area contributed by atoms with E-state index in [0.717, 1.165) is 36.1 Å². The molecule has 0 amide bonds. The minimum atomic E-state index is -0.209. The van der Waals surface area contributed by atoms with Crippen LogP contribution >= 0.6 is 15.9 Å². The number of ether oxygens (including phenoxy) is 1. The van der Waals surface area contributed by atoms with Crippen molar-refractivity contribution < 1.29 is 9.13 Å². The Hall–Kier alpha value is -0.450. The molecule has 1 saturated heterocycles. The highest BCUT2D eigenvalue weighted by atomic mass is 79.9. The maximum Gasteiger partial charge on any atom is 0.123 e. The third-order valence-electron chi connectivity index (χ3n) is 3.15. The summed E-state index contributed by atoms with van der Waals surface area (Å²) in [4.78, 5) is 0. The first-order chi connectivity index (χ1) is 8.15. The van der Waals surface area contributed by atoms with Crippen LogP contribution in [-0.2, 0) is 11.2 Å². The summed E-state index contributed by atoms with van der Waals surface area (Å²) in [5, 5.41) is 0. The first-order valence-corrected chi connectivity index (χ1v) is 6.71. The largest absolute Gasteiger partial charge is 0.381 e. The SMILES string of the molecule is NC(Cc1cc(F)ccc1Br)CC1CCOC1. The van der Waals surface area contributed by atoms with Crippen LogP contribution in [0.15, 0.2) is 22.7 Å². The minimum absolute atomic E-state index is 0.0693. The summed E-state index contributed by atoms with van der Waals surface area (Å²) in [5.74, 6) is 0.358. The fraction of sp³-hybridized carbons (Fsp3) is 0.538. The average Bonchev–Trinajstić information content (AvgIpc) is 2.76. The molecule has 2 unspecified atom stereocenters. The fourth-order valence-corrected chi connectivity index (χ4v) is 2.67. The van der Waals surface area contributed by atoms with Crippen molar-refractivity contribution in [3.8, 4) is 0 Å². The Labute approximate surface area is 109 Å². The van der Waals surface area contributed by atoms with Gasteiger partial charge in [-0.05, 0) is 48.9 Å². The van der Waals surface area contributed by atoms with Gasteiger partial charge < -0.3 is 10.5 Å². The molecule has 0 aliphatic carbocycles. The molecule has 4 heteroatoms. The molecule has 0 saturated carbocycles. The molecule has 1 aromatic carbocycles. The molecule has 1 heterocycles. The monoisotopic (exact) mass is 301 g/mol. The van der Waals surface area contributed by atoms with Crippen LogP contribution in [0.2, 0.25) is 0 Å². The molecule has 1 aromatic rings. The maximum absolute atomic E-state index is 13.1. The summed E-state index contributed by atoms with van der Waals surface area (Å²) in [7, 11) is 0. The Kier molecular flexibility index (Phi) is 4.54. The number of nitrogens with two attached hydrogens (primary N) is 1. The predicted octanol–water partition coefficient (Wildman–Crippen LogP) is 2.88. The minimum Gasteiger partial charge on any atom is -0.381 e. The van der Waals surface area contributed by atoms with Crippen LogP contribution in [0.25, 0.3) is 0 Å². The molecular weight excluding hydrogens is 285 g/mol. The summed E-state index contributed by atoms with van der Waals surface area (Å²) in [5.41, 5.74) is 7.05. The van der Waals surface area contributed by atoms with E-state index in [2.05, 4.69) is 15.9 Å². The van der Waals surface area contributed by atoms with Crippen molar-refractivity contribution in [2.45, 2.75) is 25.3 Å². The smallest absolute Gasteiger partial charge is 0.123 e. The number of benzene rings is 1. The highest BCUT2D eigenvalue weighted by Crippen LogP contribution is 2.23. The molecule has 1 aliphatic rings. The molecule has 17 heavy (non-hydrogen) atoms. The van der Waals surface area contributed by atoms with Crippen molar-refractivity contribution in [1.82, 2.24) is 0 Å². The van der Waals surface area contributed by atoms with Gasteiger partial charge in [0.05, 0.1) is 0 Å². The van der Waals surface area contributed by atoms with Crippen LogP contribution in [0.5, 0.6) is 0 Å². The van der Waals surface area contributed by atoms with Crippen LogP contribution in [0.3, 0.4) is 0 Å². The molecule has 1 fully saturated rings. The number of rotatable bonds is 4. The van der Waals surface area contributed by atoms with Crippen LogP contribution in [0.1, 0.15) is 18.4 Å². The van der Waals surface area contributed by atoms with Gasteiger partial charge in [-0.15, -0.1) is 0 Å². The summed E-state index contributed by atoms with van der Waals surface area (Å²) in [6.07, 6.45) is 2.75. The molecule has 94 valence electrons. The molecule has 2 nitrogen and oxygen atoms in total. The Morgan fingerprint density at radius 3 is 3.06 bits per heavy atom. The zero-order valence-electron chi connectivity index (χ0n) is 9.66. The lowest BCUT2D eigenvalue weighted by Crippen LogP contribution is -2.26. The predicted molar refractivity (Wildman–Crippen MR) is 69.3 cm³/mol. The highest BCUT2D eigenvalue weighted by molar-refractivity contribution is 9.10. The second kappa shape index (κ2) is 5.94. The van der Waals surface area contributed by atoms with Crippen molar-refractivity contribution in [2.24, 2.45) is 11.7 Å². The first-order valence-electron chi connectivity index (χ1n) is 5.92. The van der Waals surface area contributed by atoms with E-state index in [1.807, 2.05) is 0 Å². The van der Waals surface area contributed by atoms with Gasteiger partial charge in [0.25, 0.3) is 0 Å². The zero-order valence-corrected chi connectivity index (χ0v) is 11.2. The third-order valence-corrected chi connectivity index (χ3v) is 3.92. The summed E-state index contributed by atoms with van der Waals surface area (Å²) in [6.45, 7) is 1.67. The molecule has 0 aromatic heterocycles. The summed E-state index contributed by atoms with van der Waals surface area (Å²) in [6, 6.07) is 4.80. The number of hydrogen-bond donors (Lipinski definition) is 1. The molecule has 2 rings (SSSR count). The topological polar surface area (TPSA) is 35.2 Å². The van der Waals surface area contributed by atoms with E-state index in [0.29, 0.717) is 12.3 Å². The summed E-state index contributed by atoms with van der Waals surface area (Å²) >= 11 is 3.42. The van der Waals surface area contributed by atoms with Gasteiger partial charge in [-0.2, -0.15) is 0 Å². The first kappa shape index (κ1) is 13.0. The van der Waals surface area contributed by atoms with Gasteiger partial charge in [-0.25, -0.2) is 4.39 Å². The normalized spacial score (nSPS) is 21.7. The lowest BCUT2D eigenvalue weighted by molar-refractivity contribution is 0.182. The molecule has 2 N–H and O–H groups in total. The van der Waals surface area contributed by atoms with Crippen molar-refractivity contribution in [3.63, 3.8) is 0 Å². The summed E-state index contributed by atoms with van der Waals surface area (Å²) < 4.78 is 19.4. The van der Waals surface area contributed by atoms with E-state index >= 15 is 0 Å². The quantitative estimate of drug-likeness (QED) is 0.928. The van der Waals surface area contributed by atoms with Gasteiger partial charge in [0.1, 0.15) is 5.82 Å². The van der Waals surface area contributed by atoms with Crippen LogP contribution in [0, 0.1) is 11.7 Å². The average molecular weight is 302 g/mol. The third kappa shape index (κ3) is 3.76. The van der Waals surface area contributed by atoms with E-state index in [4.69, 9.17) is 10.5 Å². The van der Waals surface area contributed by atoms with Gasteiger partial charge in [0.15, 0.2) is 0 Å². The second-order valence-electron chi connectivity index (χ2n) is 4.67. The molecule has 0 radical (unpaired) electrons. The lowest BCUT2D eigenvalue weighted by atomic mass is 9.95. The van der Waals surface area contributed by atoms with E-state index in [9.17, 15) is 4.39 Å². The second-order valence-corrected chi connectivity index (χ2v) is 5.52. The fourth-order valence-electron chi connectivity index (χ4n) is 2.26. The van der Waals surface area contributed by atoms with Gasteiger partial charge in [0.2, 0.25) is 0 Å². The van der Waals surface area contributed by atoms with Gasteiger partial charge >= 0.3 is 0 Å².